The molecule has 2 aromatic heterocycles. The highest BCUT2D eigenvalue weighted by Crippen LogP contribution is 2.29. The van der Waals surface area contributed by atoms with Gasteiger partial charge >= 0.3 is 0 Å². The number of amides is 1. The maximum Gasteiger partial charge on any atom is 0.271 e. The van der Waals surface area contributed by atoms with E-state index in [9.17, 15) is 14.9 Å². The van der Waals surface area contributed by atoms with Crippen molar-refractivity contribution >= 4 is 51.8 Å². The SMILES string of the molecule is COc1ccc([N+](=O)[O-])cc1NC(=O)CSc1nc2ncc(Cl)cc2[nH]1. The van der Waals surface area contributed by atoms with Crippen LogP contribution in [0.15, 0.2) is 35.6 Å². The van der Waals surface area contributed by atoms with Crippen molar-refractivity contribution in [2.45, 2.75) is 5.16 Å². The Morgan fingerprint density at radius 1 is 1.46 bits per heavy atom. The summed E-state index contributed by atoms with van der Waals surface area (Å²) in [4.78, 5) is 33.8. The molecule has 0 unspecified atom stereocenters. The Bertz CT molecular complexity index is 993. The summed E-state index contributed by atoms with van der Waals surface area (Å²) in [6.45, 7) is 0. The number of nitrogens with one attached hydrogen (secondary N) is 2. The van der Waals surface area contributed by atoms with Gasteiger partial charge in [-0.2, -0.15) is 0 Å². The van der Waals surface area contributed by atoms with Gasteiger partial charge in [0.2, 0.25) is 5.91 Å². The number of halogens is 1. The monoisotopic (exact) mass is 393 g/mol. The van der Waals surface area contributed by atoms with Crippen molar-refractivity contribution in [2.75, 3.05) is 18.2 Å². The van der Waals surface area contributed by atoms with Crippen LogP contribution in [0.1, 0.15) is 0 Å². The van der Waals surface area contributed by atoms with Crippen molar-refractivity contribution in [3.8, 4) is 5.75 Å². The van der Waals surface area contributed by atoms with Crippen molar-refractivity contribution in [3.05, 3.63) is 45.6 Å². The first-order valence-corrected chi connectivity index (χ1v) is 8.59. The van der Waals surface area contributed by atoms with Crippen molar-refractivity contribution in [1.29, 1.82) is 0 Å². The molecule has 0 bridgehead atoms. The molecule has 1 aromatic carbocycles. The number of hydrogen-bond donors (Lipinski definition) is 2. The van der Waals surface area contributed by atoms with Gasteiger partial charge in [0, 0.05) is 18.3 Å². The number of aromatic amines is 1. The fourth-order valence-electron chi connectivity index (χ4n) is 2.15. The number of carbonyl (C=O) groups excluding carboxylic acids is 1. The predicted molar refractivity (Wildman–Crippen MR) is 97.9 cm³/mol. The Balaban J connectivity index is 1.68. The van der Waals surface area contributed by atoms with Gasteiger partial charge in [0.15, 0.2) is 10.8 Å². The lowest BCUT2D eigenvalue weighted by atomic mass is 10.2. The summed E-state index contributed by atoms with van der Waals surface area (Å²) in [5, 5.41) is 14.5. The molecule has 0 fully saturated rings. The molecule has 9 nitrogen and oxygen atoms in total. The van der Waals surface area contributed by atoms with E-state index in [0.29, 0.717) is 27.1 Å². The van der Waals surface area contributed by atoms with E-state index in [1.165, 1.54) is 43.3 Å². The number of fused-ring (bicyclic) bond motifs is 1. The lowest BCUT2D eigenvalue weighted by Crippen LogP contribution is -2.15. The van der Waals surface area contributed by atoms with Crippen molar-refractivity contribution in [1.82, 2.24) is 15.0 Å². The van der Waals surface area contributed by atoms with Crippen LogP contribution in [-0.2, 0) is 4.79 Å². The van der Waals surface area contributed by atoms with Crippen LogP contribution in [0, 0.1) is 10.1 Å². The first-order chi connectivity index (χ1) is 12.5. The molecule has 0 saturated carbocycles. The molecule has 0 saturated heterocycles. The second-order valence-electron chi connectivity index (χ2n) is 5.05. The molecule has 3 aromatic rings. The fraction of sp³-hybridized carbons (Fsp3) is 0.133. The summed E-state index contributed by atoms with van der Waals surface area (Å²) in [6.07, 6.45) is 1.49. The number of rotatable bonds is 6. The first kappa shape index (κ1) is 18.0. The van der Waals surface area contributed by atoms with E-state index in [1.807, 2.05) is 0 Å². The van der Waals surface area contributed by atoms with Gasteiger partial charge in [0.1, 0.15) is 5.75 Å². The van der Waals surface area contributed by atoms with E-state index in [1.54, 1.807) is 6.07 Å². The number of H-pyrrole nitrogens is 1. The molecular formula is C15H12ClN5O4S. The molecule has 1 amide bonds. The second kappa shape index (κ2) is 7.58. The van der Waals surface area contributed by atoms with Gasteiger partial charge in [0.25, 0.3) is 5.69 Å². The normalized spacial score (nSPS) is 10.7. The molecule has 134 valence electrons. The van der Waals surface area contributed by atoms with Crippen LogP contribution in [0.3, 0.4) is 0 Å². The standard InChI is InChI=1S/C15H12ClN5O4S/c1-25-12-3-2-9(21(23)24)5-10(12)18-13(22)7-26-15-19-11-4-8(16)6-17-14(11)20-15/h2-6H,7H2,1H3,(H,18,22)(H,17,19,20). The minimum atomic E-state index is -0.545. The molecule has 26 heavy (non-hydrogen) atoms. The molecule has 11 heteroatoms. The van der Waals surface area contributed by atoms with Crippen LogP contribution in [0.2, 0.25) is 5.02 Å². The zero-order valence-electron chi connectivity index (χ0n) is 13.4. The van der Waals surface area contributed by atoms with Crippen molar-refractivity contribution in [3.63, 3.8) is 0 Å². The average molecular weight is 394 g/mol. The fourth-order valence-corrected chi connectivity index (χ4v) is 2.98. The lowest BCUT2D eigenvalue weighted by Gasteiger charge is -2.09. The maximum absolute atomic E-state index is 12.2. The number of nitro groups is 1. The smallest absolute Gasteiger partial charge is 0.271 e. The number of methoxy groups -OCH3 is 1. The molecule has 2 heterocycles. The molecule has 0 radical (unpaired) electrons. The number of non-ortho nitro benzene ring substituents is 1. The number of hydrogen-bond acceptors (Lipinski definition) is 7. The van der Waals surface area contributed by atoms with Gasteiger partial charge in [-0.1, -0.05) is 23.4 Å². The highest BCUT2D eigenvalue weighted by molar-refractivity contribution is 7.99. The number of ether oxygens (including phenoxy) is 1. The van der Waals surface area contributed by atoms with Crippen LogP contribution in [-0.4, -0.2) is 38.6 Å². The van der Waals surface area contributed by atoms with Gasteiger partial charge in [0.05, 0.1) is 34.0 Å². The topological polar surface area (TPSA) is 123 Å². The van der Waals surface area contributed by atoms with E-state index < -0.39 is 4.92 Å². The number of anilines is 1. The van der Waals surface area contributed by atoms with Gasteiger partial charge in [-0.15, -0.1) is 0 Å². The number of thioether (sulfide) groups is 1. The zero-order valence-corrected chi connectivity index (χ0v) is 14.9. The van der Waals surface area contributed by atoms with Crippen LogP contribution in [0.25, 0.3) is 11.2 Å². The highest BCUT2D eigenvalue weighted by Gasteiger charge is 2.14. The van der Waals surface area contributed by atoms with E-state index in [4.69, 9.17) is 16.3 Å². The molecule has 0 atom stereocenters. The molecule has 0 aliphatic carbocycles. The molecule has 2 N–H and O–H groups in total. The van der Waals surface area contributed by atoms with Crippen molar-refractivity contribution < 1.29 is 14.5 Å². The number of imidazole rings is 1. The number of nitro benzene ring substituents is 1. The maximum atomic E-state index is 12.2. The van der Waals surface area contributed by atoms with E-state index >= 15 is 0 Å². The Labute approximate surface area is 156 Å². The number of aromatic nitrogens is 3. The number of nitrogens with zero attached hydrogens (tertiary/aromatic N) is 3. The Morgan fingerprint density at radius 3 is 3.00 bits per heavy atom. The van der Waals surface area contributed by atoms with Crippen LogP contribution >= 0.6 is 23.4 Å². The minimum absolute atomic E-state index is 0.0411. The quantitative estimate of drug-likeness (QED) is 0.374. The van der Waals surface area contributed by atoms with Gasteiger partial charge in [-0.25, -0.2) is 9.97 Å². The summed E-state index contributed by atoms with van der Waals surface area (Å²) in [6, 6.07) is 5.66. The summed E-state index contributed by atoms with van der Waals surface area (Å²) in [5.74, 6) is 0.0103. The summed E-state index contributed by atoms with van der Waals surface area (Å²) in [5.41, 5.74) is 1.25. The second-order valence-corrected chi connectivity index (χ2v) is 6.45. The Hall–Kier alpha value is -2.85. The van der Waals surface area contributed by atoms with E-state index in [0.717, 1.165) is 0 Å². The molecule has 0 aliphatic heterocycles. The summed E-state index contributed by atoms with van der Waals surface area (Å²) in [7, 11) is 1.41. The van der Waals surface area contributed by atoms with E-state index in [-0.39, 0.29) is 23.0 Å². The number of pyridine rings is 1. The predicted octanol–water partition coefficient (Wildman–Crippen LogP) is 3.26. The minimum Gasteiger partial charge on any atom is -0.495 e. The van der Waals surface area contributed by atoms with Crippen molar-refractivity contribution in [2.24, 2.45) is 0 Å². The molecular weight excluding hydrogens is 382 g/mol. The largest absolute Gasteiger partial charge is 0.495 e. The first-order valence-electron chi connectivity index (χ1n) is 7.22. The van der Waals surface area contributed by atoms with Crippen LogP contribution < -0.4 is 10.1 Å². The third kappa shape index (κ3) is 4.03. The van der Waals surface area contributed by atoms with E-state index in [2.05, 4.69) is 20.3 Å². The molecule has 3 rings (SSSR count). The average Bonchev–Trinajstić information content (AvgIpc) is 3.01. The van der Waals surface area contributed by atoms with Crippen LogP contribution in [0.5, 0.6) is 5.75 Å². The molecule has 0 spiro atoms. The van der Waals surface area contributed by atoms with Gasteiger partial charge in [-0.05, 0) is 12.1 Å². The zero-order chi connectivity index (χ0) is 18.7. The lowest BCUT2D eigenvalue weighted by molar-refractivity contribution is -0.384. The number of carbonyl (C=O) groups is 1. The number of benzene rings is 1. The summed E-state index contributed by atoms with van der Waals surface area (Å²) < 4.78 is 5.11. The highest BCUT2D eigenvalue weighted by atomic mass is 35.5. The Kier molecular flexibility index (Phi) is 5.24. The van der Waals surface area contributed by atoms with Gasteiger partial charge in [-0.3, -0.25) is 14.9 Å². The third-order valence-corrected chi connectivity index (χ3v) is 4.37. The Morgan fingerprint density at radius 2 is 2.27 bits per heavy atom. The molecule has 0 aliphatic rings. The third-order valence-electron chi connectivity index (χ3n) is 3.29. The van der Waals surface area contributed by atoms with Crippen LogP contribution in [0.4, 0.5) is 11.4 Å². The van der Waals surface area contributed by atoms with Gasteiger partial charge < -0.3 is 15.0 Å². The summed E-state index contributed by atoms with van der Waals surface area (Å²) >= 11 is 7.04.